The maximum Gasteiger partial charge on any atom is 0.261 e. The molecule has 0 bridgehead atoms. The maximum absolute atomic E-state index is 12.9. The Morgan fingerprint density at radius 2 is 1.74 bits per heavy atom. The predicted octanol–water partition coefficient (Wildman–Crippen LogP) is 4.21. The van der Waals surface area contributed by atoms with E-state index < -0.39 is 0 Å². The first-order chi connectivity index (χ1) is 13.2. The lowest BCUT2D eigenvalue weighted by Gasteiger charge is -2.02. The van der Waals surface area contributed by atoms with E-state index in [0.29, 0.717) is 16.4 Å². The van der Waals surface area contributed by atoms with E-state index in [0.717, 1.165) is 22.7 Å². The van der Waals surface area contributed by atoms with Crippen molar-refractivity contribution in [2.45, 2.75) is 13.3 Å². The van der Waals surface area contributed by atoms with Crippen molar-refractivity contribution in [1.82, 2.24) is 20.0 Å². The van der Waals surface area contributed by atoms with Gasteiger partial charge in [-0.1, -0.05) is 66.8 Å². The minimum atomic E-state index is -0.255. The van der Waals surface area contributed by atoms with Gasteiger partial charge in [0, 0.05) is 11.8 Å². The highest BCUT2D eigenvalue weighted by Crippen LogP contribution is 2.25. The predicted molar refractivity (Wildman–Crippen MR) is 106 cm³/mol. The Morgan fingerprint density at radius 1 is 1.04 bits per heavy atom. The molecular formula is C20H17N5OS. The van der Waals surface area contributed by atoms with Gasteiger partial charge in [0.05, 0.1) is 11.3 Å². The number of anilines is 1. The molecule has 2 heterocycles. The van der Waals surface area contributed by atoms with Crippen LogP contribution in [0.5, 0.6) is 0 Å². The summed E-state index contributed by atoms with van der Waals surface area (Å²) in [6.45, 7) is 2.00. The second-order valence-electron chi connectivity index (χ2n) is 5.85. The van der Waals surface area contributed by atoms with E-state index >= 15 is 0 Å². The molecule has 0 aliphatic heterocycles. The number of carbonyl (C=O) groups excluding carboxylic acids is 1. The zero-order chi connectivity index (χ0) is 18.6. The number of hydrogen-bond donors (Lipinski definition) is 1. The molecule has 0 saturated carbocycles. The number of nitrogens with zero attached hydrogens (tertiary/aromatic N) is 4. The fraction of sp³-hybridized carbons (Fsp3) is 0.100. The van der Waals surface area contributed by atoms with Crippen LogP contribution >= 0.6 is 11.3 Å². The van der Waals surface area contributed by atoms with Gasteiger partial charge in [0.25, 0.3) is 5.91 Å². The molecule has 0 fully saturated rings. The van der Waals surface area contributed by atoms with Gasteiger partial charge >= 0.3 is 0 Å². The van der Waals surface area contributed by atoms with Crippen LogP contribution in [0.1, 0.15) is 22.3 Å². The van der Waals surface area contributed by atoms with Crippen molar-refractivity contribution >= 4 is 22.4 Å². The molecule has 134 valence electrons. The number of amides is 1. The van der Waals surface area contributed by atoms with E-state index in [-0.39, 0.29) is 5.91 Å². The fourth-order valence-corrected chi connectivity index (χ4v) is 3.35. The van der Waals surface area contributed by atoms with Gasteiger partial charge in [-0.05, 0) is 18.6 Å². The number of benzene rings is 2. The SMILES string of the molecule is CCc1nnc(NC(=O)c2cn(-c3ccccc3)nc2-c2ccccc2)s1. The molecule has 7 heteroatoms. The summed E-state index contributed by atoms with van der Waals surface area (Å²) in [4.78, 5) is 12.9. The van der Waals surface area contributed by atoms with Crippen molar-refractivity contribution in [2.75, 3.05) is 5.32 Å². The Balaban J connectivity index is 1.73. The van der Waals surface area contributed by atoms with Crippen molar-refractivity contribution < 1.29 is 4.79 Å². The Kier molecular flexibility index (Phi) is 4.76. The molecule has 27 heavy (non-hydrogen) atoms. The zero-order valence-corrected chi connectivity index (χ0v) is 15.5. The van der Waals surface area contributed by atoms with Gasteiger partial charge in [-0.2, -0.15) is 5.10 Å². The quantitative estimate of drug-likeness (QED) is 0.567. The van der Waals surface area contributed by atoms with E-state index in [4.69, 9.17) is 0 Å². The molecular weight excluding hydrogens is 358 g/mol. The molecule has 0 unspecified atom stereocenters. The van der Waals surface area contributed by atoms with Gasteiger partial charge in [0.15, 0.2) is 0 Å². The van der Waals surface area contributed by atoms with Crippen LogP contribution in [0, 0.1) is 0 Å². The highest BCUT2D eigenvalue weighted by molar-refractivity contribution is 7.15. The lowest BCUT2D eigenvalue weighted by molar-refractivity contribution is 0.102. The maximum atomic E-state index is 12.9. The van der Waals surface area contributed by atoms with Crippen LogP contribution in [-0.4, -0.2) is 25.9 Å². The summed E-state index contributed by atoms with van der Waals surface area (Å²) in [6.07, 6.45) is 2.53. The molecule has 0 saturated heterocycles. The Bertz CT molecular complexity index is 1060. The van der Waals surface area contributed by atoms with Gasteiger partial charge in [-0.3, -0.25) is 10.1 Å². The molecule has 4 aromatic rings. The minimum absolute atomic E-state index is 0.255. The molecule has 0 spiro atoms. The monoisotopic (exact) mass is 375 g/mol. The van der Waals surface area contributed by atoms with E-state index in [1.807, 2.05) is 67.6 Å². The average molecular weight is 375 g/mol. The van der Waals surface area contributed by atoms with Crippen LogP contribution in [0.15, 0.2) is 66.9 Å². The third-order valence-electron chi connectivity index (χ3n) is 4.02. The topological polar surface area (TPSA) is 72.7 Å². The molecule has 0 radical (unpaired) electrons. The largest absolute Gasteiger partial charge is 0.296 e. The molecule has 6 nitrogen and oxygen atoms in total. The molecule has 4 rings (SSSR count). The average Bonchev–Trinajstić information content (AvgIpc) is 3.36. The molecule has 2 aromatic heterocycles. The smallest absolute Gasteiger partial charge is 0.261 e. The first-order valence-electron chi connectivity index (χ1n) is 8.59. The number of para-hydroxylation sites is 1. The van der Waals surface area contributed by atoms with Crippen molar-refractivity contribution in [1.29, 1.82) is 0 Å². The van der Waals surface area contributed by atoms with Gasteiger partial charge in [-0.15, -0.1) is 10.2 Å². The summed E-state index contributed by atoms with van der Waals surface area (Å²) in [7, 11) is 0. The number of hydrogen-bond acceptors (Lipinski definition) is 5. The molecule has 1 N–H and O–H groups in total. The van der Waals surface area contributed by atoms with E-state index in [1.54, 1.807) is 10.9 Å². The molecule has 0 atom stereocenters. The number of rotatable bonds is 5. The van der Waals surface area contributed by atoms with Gasteiger partial charge in [0.2, 0.25) is 5.13 Å². The van der Waals surface area contributed by atoms with E-state index in [9.17, 15) is 4.79 Å². The third-order valence-corrected chi connectivity index (χ3v) is 5.00. The van der Waals surface area contributed by atoms with Crippen molar-refractivity contribution in [3.8, 4) is 16.9 Å². The standard InChI is InChI=1S/C20H17N5OS/c1-2-17-22-23-20(27-17)21-19(26)16-13-25(15-11-7-4-8-12-15)24-18(16)14-9-5-3-6-10-14/h3-13H,2H2,1H3,(H,21,23,26). The molecule has 0 aliphatic carbocycles. The minimum Gasteiger partial charge on any atom is -0.296 e. The van der Waals surface area contributed by atoms with Crippen LogP contribution in [0.3, 0.4) is 0 Å². The van der Waals surface area contributed by atoms with E-state index in [1.165, 1.54) is 11.3 Å². The highest BCUT2D eigenvalue weighted by atomic mass is 32.1. The number of nitrogens with one attached hydrogen (secondary N) is 1. The van der Waals surface area contributed by atoms with Crippen LogP contribution in [0.25, 0.3) is 16.9 Å². The molecule has 1 amide bonds. The lowest BCUT2D eigenvalue weighted by Crippen LogP contribution is -2.12. The molecule has 0 aliphatic rings. The number of carbonyl (C=O) groups is 1. The normalized spacial score (nSPS) is 10.7. The summed E-state index contributed by atoms with van der Waals surface area (Å²) < 4.78 is 1.72. The third kappa shape index (κ3) is 3.63. The van der Waals surface area contributed by atoms with Crippen molar-refractivity contribution in [3.05, 3.63) is 77.4 Å². The number of aryl methyl sites for hydroxylation is 1. The first-order valence-corrected chi connectivity index (χ1v) is 9.40. The van der Waals surface area contributed by atoms with Crippen LogP contribution in [0.4, 0.5) is 5.13 Å². The van der Waals surface area contributed by atoms with E-state index in [2.05, 4.69) is 20.6 Å². The van der Waals surface area contributed by atoms with Crippen LogP contribution in [-0.2, 0) is 6.42 Å². The van der Waals surface area contributed by atoms with Crippen LogP contribution in [0.2, 0.25) is 0 Å². The summed E-state index contributed by atoms with van der Waals surface area (Å²) in [6, 6.07) is 19.4. The first kappa shape index (κ1) is 17.1. The Morgan fingerprint density at radius 3 is 2.41 bits per heavy atom. The van der Waals surface area contributed by atoms with Crippen molar-refractivity contribution in [2.24, 2.45) is 0 Å². The van der Waals surface area contributed by atoms with Crippen molar-refractivity contribution in [3.63, 3.8) is 0 Å². The zero-order valence-electron chi connectivity index (χ0n) is 14.7. The van der Waals surface area contributed by atoms with Gasteiger partial charge < -0.3 is 0 Å². The van der Waals surface area contributed by atoms with Gasteiger partial charge in [-0.25, -0.2) is 4.68 Å². The Labute approximate surface area is 160 Å². The summed E-state index contributed by atoms with van der Waals surface area (Å²) >= 11 is 1.38. The van der Waals surface area contributed by atoms with Gasteiger partial charge in [0.1, 0.15) is 10.7 Å². The summed E-state index contributed by atoms with van der Waals surface area (Å²) in [5, 5.41) is 16.9. The highest BCUT2D eigenvalue weighted by Gasteiger charge is 2.20. The lowest BCUT2D eigenvalue weighted by atomic mass is 10.1. The second kappa shape index (κ2) is 7.51. The fourth-order valence-electron chi connectivity index (χ4n) is 2.67. The summed E-state index contributed by atoms with van der Waals surface area (Å²) in [5.74, 6) is -0.255. The number of aromatic nitrogens is 4. The second-order valence-corrected chi connectivity index (χ2v) is 6.91. The summed E-state index contributed by atoms with van der Waals surface area (Å²) in [5.41, 5.74) is 2.87. The molecule has 2 aromatic carbocycles. The van der Waals surface area contributed by atoms with Crippen LogP contribution < -0.4 is 5.32 Å². The Hall–Kier alpha value is -3.32.